The number of hydrogen-bond donors (Lipinski definition) is 2. The zero-order chi connectivity index (χ0) is 14.3. The predicted molar refractivity (Wildman–Crippen MR) is 75.3 cm³/mol. The molecule has 1 aromatic carbocycles. The number of aliphatic hydroxyl groups is 1. The van der Waals surface area contributed by atoms with Crippen LogP contribution in [0, 0.1) is 13.8 Å². The van der Waals surface area contributed by atoms with Crippen LogP contribution in [0.2, 0.25) is 0 Å². The molecule has 0 aliphatic rings. The van der Waals surface area contributed by atoms with Gasteiger partial charge in [-0.25, -0.2) is 0 Å². The normalized spacial score (nSPS) is 12.0. The molecular weight excluding hydrogens is 242 g/mol. The van der Waals surface area contributed by atoms with Crippen LogP contribution < -0.4 is 10.1 Å². The van der Waals surface area contributed by atoms with Gasteiger partial charge in [0.2, 0.25) is 5.91 Å². The van der Waals surface area contributed by atoms with Gasteiger partial charge in [-0.05, 0) is 37.5 Å². The fourth-order valence-electron chi connectivity index (χ4n) is 1.69. The smallest absolute Gasteiger partial charge is 0.223 e. The maximum atomic E-state index is 11.6. The van der Waals surface area contributed by atoms with Crippen molar-refractivity contribution in [2.75, 3.05) is 13.2 Å². The number of aryl methyl sites for hydroxylation is 2. The molecule has 1 unspecified atom stereocenters. The highest BCUT2D eigenvalue weighted by Crippen LogP contribution is 2.19. The van der Waals surface area contributed by atoms with Crippen LogP contribution in [0.5, 0.6) is 5.75 Å². The first-order chi connectivity index (χ1) is 9.06. The zero-order valence-corrected chi connectivity index (χ0v) is 11.9. The Morgan fingerprint density at radius 2 is 2.16 bits per heavy atom. The number of ether oxygens (including phenoxy) is 1. The Balaban J connectivity index is 2.37. The summed E-state index contributed by atoms with van der Waals surface area (Å²) in [6, 6.07) is 5.84. The summed E-state index contributed by atoms with van der Waals surface area (Å²) < 4.78 is 5.61. The molecule has 4 heteroatoms. The predicted octanol–water partition coefficient (Wildman–Crippen LogP) is 1.96. The Hall–Kier alpha value is -1.55. The molecule has 0 saturated carbocycles. The van der Waals surface area contributed by atoms with Gasteiger partial charge in [0.05, 0.1) is 25.7 Å². The van der Waals surface area contributed by atoms with E-state index in [2.05, 4.69) is 5.32 Å². The van der Waals surface area contributed by atoms with E-state index in [1.54, 1.807) is 0 Å². The van der Waals surface area contributed by atoms with Gasteiger partial charge < -0.3 is 15.2 Å². The lowest BCUT2D eigenvalue weighted by Crippen LogP contribution is -2.37. The molecule has 0 bridgehead atoms. The number of amides is 1. The molecule has 1 atom stereocenters. The van der Waals surface area contributed by atoms with Crippen LogP contribution in [0.3, 0.4) is 0 Å². The van der Waals surface area contributed by atoms with Crippen LogP contribution in [0.4, 0.5) is 0 Å². The Labute approximate surface area is 114 Å². The van der Waals surface area contributed by atoms with Crippen molar-refractivity contribution in [2.45, 2.75) is 39.7 Å². The first-order valence-electron chi connectivity index (χ1n) is 6.67. The van der Waals surface area contributed by atoms with Gasteiger partial charge in [-0.2, -0.15) is 0 Å². The molecule has 0 aliphatic carbocycles. The van der Waals surface area contributed by atoms with Crippen molar-refractivity contribution in [3.63, 3.8) is 0 Å². The van der Waals surface area contributed by atoms with Gasteiger partial charge in [0.25, 0.3) is 0 Å². The lowest BCUT2D eigenvalue weighted by atomic mass is 10.1. The standard InChI is InChI=1S/C15H23NO3/c1-4-13(10-17)16-15(18)7-8-19-14-9-11(2)5-6-12(14)3/h5-6,9,13,17H,4,7-8,10H2,1-3H3,(H,16,18). The maximum absolute atomic E-state index is 11.6. The molecule has 0 saturated heterocycles. The summed E-state index contributed by atoms with van der Waals surface area (Å²) >= 11 is 0. The lowest BCUT2D eigenvalue weighted by Gasteiger charge is -2.14. The molecular formula is C15H23NO3. The van der Waals surface area contributed by atoms with Crippen molar-refractivity contribution < 1.29 is 14.6 Å². The number of carbonyl (C=O) groups excluding carboxylic acids is 1. The lowest BCUT2D eigenvalue weighted by molar-refractivity contribution is -0.122. The minimum atomic E-state index is -0.159. The SMILES string of the molecule is CCC(CO)NC(=O)CCOc1cc(C)ccc1C. The molecule has 0 heterocycles. The first kappa shape index (κ1) is 15.5. The third-order valence-corrected chi connectivity index (χ3v) is 3.01. The van der Waals surface area contributed by atoms with E-state index in [-0.39, 0.29) is 18.6 Å². The van der Waals surface area contributed by atoms with Crippen molar-refractivity contribution in [1.29, 1.82) is 0 Å². The van der Waals surface area contributed by atoms with Crippen LogP contribution in [0.15, 0.2) is 18.2 Å². The van der Waals surface area contributed by atoms with Gasteiger partial charge in [-0.1, -0.05) is 19.1 Å². The number of hydrogen-bond acceptors (Lipinski definition) is 3. The Morgan fingerprint density at radius 3 is 2.79 bits per heavy atom. The molecule has 19 heavy (non-hydrogen) atoms. The number of benzene rings is 1. The summed E-state index contributed by atoms with van der Waals surface area (Å²) in [5.74, 6) is 0.730. The summed E-state index contributed by atoms with van der Waals surface area (Å²) in [5.41, 5.74) is 2.20. The van der Waals surface area contributed by atoms with E-state index < -0.39 is 0 Å². The average molecular weight is 265 g/mol. The van der Waals surface area contributed by atoms with Gasteiger partial charge in [0.1, 0.15) is 5.75 Å². The van der Waals surface area contributed by atoms with E-state index in [1.165, 1.54) is 0 Å². The second kappa shape index (κ2) is 7.79. The van der Waals surface area contributed by atoms with Crippen molar-refractivity contribution in [1.82, 2.24) is 5.32 Å². The van der Waals surface area contributed by atoms with E-state index in [9.17, 15) is 4.79 Å². The second-order valence-electron chi connectivity index (χ2n) is 4.72. The van der Waals surface area contributed by atoms with Gasteiger partial charge >= 0.3 is 0 Å². The third kappa shape index (κ3) is 5.30. The minimum absolute atomic E-state index is 0.0277. The molecule has 1 amide bonds. The fourth-order valence-corrected chi connectivity index (χ4v) is 1.69. The highest BCUT2D eigenvalue weighted by atomic mass is 16.5. The van der Waals surface area contributed by atoms with Crippen molar-refractivity contribution in [2.24, 2.45) is 0 Å². The molecule has 0 fully saturated rings. The van der Waals surface area contributed by atoms with Crippen LogP contribution in [0.1, 0.15) is 30.9 Å². The van der Waals surface area contributed by atoms with E-state index in [1.807, 2.05) is 39.0 Å². The van der Waals surface area contributed by atoms with Gasteiger partial charge in [0.15, 0.2) is 0 Å². The molecule has 0 spiro atoms. The Morgan fingerprint density at radius 1 is 1.42 bits per heavy atom. The first-order valence-corrected chi connectivity index (χ1v) is 6.67. The zero-order valence-electron chi connectivity index (χ0n) is 11.9. The molecule has 4 nitrogen and oxygen atoms in total. The highest BCUT2D eigenvalue weighted by Gasteiger charge is 2.09. The Bertz CT molecular complexity index is 414. The van der Waals surface area contributed by atoms with E-state index in [0.29, 0.717) is 13.0 Å². The quantitative estimate of drug-likeness (QED) is 0.792. The molecule has 106 valence electrons. The summed E-state index contributed by atoms with van der Waals surface area (Å²) in [6.45, 7) is 6.23. The molecule has 0 radical (unpaired) electrons. The summed E-state index contributed by atoms with van der Waals surface area (Å²) in [6.07, 6.45) is 1.02. The van der Waals surface area contributed by atoms with Crippen LogP contribution in [-0.4, -0.2) is 30.3 Å². The summed E-state index contributed by atoms with van der Waals surface area (Å²) in [5, 5.41) is 11.8. The van der Waals surface area contributed by atoms with Crippen molar-refractivity contribution in [3.8, 4) is 5.75 Å². The van der Waals surface area contributed by atoms with Gasteiger partial charge in [-0.3, -0.25) is 4.79 Å². The largest absolute Gasteiger partial charge is 0.493 e. The topological polar surface area (TPSA) is 58.6 Å². The van der Waals surface area contributed by atoms with Crippen LogP contribution >= 0.6 is 0 Å². The molecule has 0 aromatic heterocycles. The fraction of sp³-hybridized carbons (Fsp3) is 0.533. The minimum Gasteiger partial charge on any atom is -0.493 e. The van der Waals surface area contributed by atoms with Gasteiger partial charge in [0, 0.05) is 0 Å². The highest BCUT2D eigenvalue weighted by molar-refractivity contribution is 5.76. The van der Waals surface area contributed by atoms with Crippen LogP contribution in [0.25, 0.3) is 0 Å². The Kier molecular flexibility index (Phi) is 6.36. The van der Waals surface area contributed by atoms with E-state index in [4.69, 9.17) is 9.84 Å². The van der Waals surface area contributed by atoms with Gasteiger partial charge in [-0.15, -0.1) is 0 Å². The third-order valence-electron chi connectivity index (χ3n) is 3.01. The second-order valence-corrected chi connectivity index (χ2v) is 4.72. The number of nitrogens with one attached hydrogen (secondary N) is 1. The van der Waals surface area contributed by atoms with Crippen molar-refractivity contribution in [3.05, 3.63) is 29.3 Å². The monoisotopic (exact) mass is 265 g/mol. The van der Waals surface area contributed by atoms with E-state index in [0.717, 1.165) is 23.3 Å². The maximum Gasteiger partial charge on any atom is 0.223 e. The number of aliphatic hydroxyl groups excluding tert-OH is 1. The van der Waals surface area contributed by atoms with Crippen molar-refractivity contribution >= 4 is 5.91 Å². The molecule has 1 rings (SSSR count). The summed E-state index contributed by atoms with van der Waals surface area (Å²) in [4.78, 5) is 11.6. The number of rotatable bonds is 7. The van der Waals surface area contributed by atoms with Crippen LogP contribution in [-0.2, 0) is 4.79 Å². The number of carbonyl (C=O) groups is 1. The summed E-state index contributed by atoms with van der Waals surface area (Å²) in [7, 11) is 0. The average Bonchev–Trinajstić information content (AvgIpc) is 2.40. The molecule has 2 N–H and O–H groups in total. The van der Waals surface area contributed by atoms with E-state index >= 15 is 0 Å². The molecule has 0 aliphatic heterocycles. The molecule has 1 aromatic rings.